The van der Waals surface area contributed by atoms with E-state index in [1.807, 2.05) is 18.2 Å². The molecule has 7 nitrogen and oxygen atoms in total. The fourth-order valence-corrected chi connectivity index (χ4v) is 4.13. The number of amides is 1. The highest BCUT2D eigenvalue weighted by atomic mass is 16.6. The summed E-state index contributed by atoms with van der Waals surface area (Å²) in [7, 11) is 3.20. The van der Waals surface area contributed by atoms with Crippen LogP contribution < -0.4 is 14.8 Å². The first-order valence-electron chi connectivity index (χ1n) is 9.75. The van der Waals surface area contributed by atoms with Gasteiger partial charge in [0, 0.05) is 18.0 Å². The van der Waals surface area contributed by atoms with Crippen molar-refractivity contribution in [3.63, 3.8) is 0 Å². The van der Waals surface area contributed by atoms with E-state index in [0.29, 0.717) is 18.0 Å². The molecule has 0 aromatic heterocycles. The lowest BCUT2D eigenvalue weighted by atomic mass is 9.69. The molecule has 154 valence electrons. The summed E-state index contributed by atoms with van der Waals surface area (Å²) in [5.74, 6) is 0.883. The summed E-state index contributed by atoms with van der Waals surface area (Å²) in [5, 5.41) is 14.2. The molecule has 1 N–H and O–H groups in total. The molecule has 29 heavy (non-hydrogen) atoms. The number of hydrogen-bond acceptors (Lipinski definition) is 5. The number of methoxy groups -OCH3 is 2. The Hall–Kier alpha value is -3.09. The lowest BCUT2D eigenvalue weighted by Gasteiger charge is -2.38. The maximum Gasteiger partial charge on any atom is 0.282 e. The number of rotatable bonds is 7. The lowest BCUT2D eigenvalue weighted by molar-refractivity contribution is -0.385. The first-order valence-corrected chi connectivity index (χ1v) is 9.75. The number of hydrogen-bond donors (Lipinski definition) is 1. The second-order valence-corrected chi connectivity index (χ2v) is 7.37. The summed E-state index contributed by atoms with van der Waals surface area (Å²) in [6, 6.07) is 11.9. The molecule has 1 aliphatic rings. The van der Waals surface area contributed by atoms with Gasteiger partial charge in [-0.3, -0.25) is 14.9 Å². The molecule has 0 saturated heterocycles. The third-order valence-corrected chi connectivity index (χ3v) is 5.74. The Bertz CT molecular complexity index is 891. The predicted molar refractivity (Wildman–Crippen MR) is 110 cm³/mol. The number of nitrogens with zero attached hydrogens (tertiary/aromatic N) is 1. The van der Waals surface area contributed by atoms with Crippen molar-refractivity contribution in [3.05, 3.63) is 63.7 Å². The minimum Gasteiger partial charge on any atom is -0.493 e. The number of nitro groups is 1. The van der Waals surface area contributed by atoms with E-state index < -0.39 is 10.8 Å². The Kier molecular flexibility index (Phi) is 6.36. The van der Waals surface area contributed by atoms with E-state index in [-0.39, 0.29) is 16.7 Å². The van der Waals surface area contributed by atoms with Gasteiger partial charge in [0.1, 0.15) is 5.56 Å². The molecule has 1 saturated carbocycles. The molecule has 0 aliphatic heterocycles. The SMILES string of the molecule is COc1ccc(C2(CNC(=O)c3ccccc3[N+](=O)[O-])CCCCC2)cc1OC. The zero-order valence-corrected chi connectivity index (χ0v) is 16.8. The number of para-hydroxylation sites is 1. The molecule has 2 aromatic rings. The number of carbonyl (C=O) groups is 1. The van der Waals surface area contributed by atoms with Crippen molar-refractivity contribution in [1.82, 2.24) is 5.32 Å². The van der Waals surface area contributed by atoms with Crippen LogP contribution in [0.25, 0.3) is 0 Å². The molecule has 0 unspecified atom stereocenters. The molecule has 1 fully saturated rings. The normalized spacial score (nSPS) is 15.4. The third kappa shape index (κ3) is 4.34. The van der Waals surface area contributed by atoms with Gasteiger partial charge < -0.3 is 14.8 Å². The summed E-state index contributed by atoms with van der Waals surface area (Å²) in [6.07, 6.45) is 5.15. The van der Waals surface area contributed by atoms with Crippen molar-refractivity contribution in [1.29, 1.82) is 0 Å². The topological polar surface area (TPSA) is 90.7 Å². The Morgan fingerprint density at radius 1 is 1.07 bits per heavy atom. The number of ether oxygens (including phenoxy) is 2. The van der Waals surface area contributed by atoms with Crippen LogP contribution in [0.2, 0.25) is 0 Å². The highest BCUT2D eigenvalue weighted by Crippen LogP contribution is 2.42. The third-order valence-electron chi connectivity index (χ3n) is 5.74. The van der Waals surface area contributed by atoms with E-state index in [1.165, 1.54) is 12.1 Å². The fraction of sp³-hybridized carbons (Fsp3) is 0.409. The van der Waals surface area contributed by atoms with Crippen LogP contribution in [0.4, 0.5) is 5.69 Å². The van der Waals surface area contributed by atoms with Gasteiger partial charge in [-0.25, -0.2) is 0 Å². The van der Waals surface area contributed by atoms with Crippen molar-refractivity contribution in [2.75, 3.05) is 20.8 Å². The fourth-order valence-electron chi connectivity index (χ4n) is 4.13. The molecule has 2 aromatic carbocycles. The van der Waals surface area contributed by atoms with E-state index in [2.05, 4.69) is 5.32 Å². The molecule has 0 heterocycles. The molecular weight excluding hydrogens is 372 g/mol. The van der Waals surface area contributed by atoms with Gasteiger partial charge in [-0.2, -0.15) is 0 Å². The van der Waals surface area contributed by atoms with Crippen LogP contribution in [0, 0.1) is 10.1 Å². The summed E-state index contributed by atoms with van der Waals surface area (Å²) in [5.41, 5.74) is 0.735. The Labute approximate surface area is 170 Å². The van der Waals surface area contributed by atoms with Crippen LogP contribution in [-0.4, -0.2) is 31.6 Å². The minimum absolute atomic E-state index is 0.0794. The van der Waals surface area contributed by atoms with Gasteiger partial charge in [0.05, 0.1) is 19.1 Å². The average molecular weight is 398 g/mol. The standard InChI is InChI=1S/C22H26N2O5/c1-28-19-11-10-16(14-20(19)29-2)22(12-6-3-7-13-22)15-23-21(25)17-8-4-5-9-18(17)24(26)27/h4-5,8-11,14H,3,6-7,12-13,15H2,1-2H3,(H,23,25). The highest BCUT2D eigenvalue weighted by Gasteiger charge is 2.35. The van der Waals surface area contributed by atoms with E-state index in [1.54, 1.807) is 26.4 Å². The second-order valence-electron chi connectivity index (χ2n) is 7.37. The molecule has 0 atom stereocenters. The van der Waals surface area contributed by atoms with E-state index in [0.717, 1.165) is 37.7 Å². The van der Waals surface area contributed by atoms with Crippen LogP contribution in [-0.2, 0) is 5.41 Å². The first-order chi connectivity index (χ1) is 14.0. The first kappa shape index (κ1) is 20.6. The van der Waals surface area contributed by atoms with Gasteiger partial charge in [-0.05, 0) is 36.6 Å². The largest absolute Gasteiger partial charge is 0.493 e. The van der Waals surface area contributed by atoms with E-state index in [9.17, 15) is 14.9 Å². The van der Waals surface area contributed by atoms with Crippen molar-refractivity contribution >= 4 is 11.6 Å². The van der Waals surface area contributed by atoms with Gasteiger partial charge in [0.25, 0.3) is 11.6 Å². The van der Waals surface area contributed by atoms with E-state index >= 15 is 0 Å². The second kappa shape index (κ2) is 8.94. The molecule has 1 aliphatic carbocycles. The van der Waals surface area contributed by atoms with Gasteiger partial charge in [0.2, 0.25) is 0 Å². The zero-order valence-electron chi connectivity index (χ0n) is 16.8. The average Bonchev–Trinajstić information content (AvgIpc) is 2.77. The van der Waals surface area contributed by atoms with Crippen LogP contribution in [0.5, 0.6) is 11.5 Å². The summed E-state index contributed by atoms with van der Waals surface area (Å²) < 4.78 is 10.8. The molecular formula is C22H26N2O5. The van der Waals surface area contributed by atoms with Gasteiger partial charge in [0.15, 0.2) is 11.5 Å². The molecule has 7 heteroatoms. The smallest absolute Gasteiger partial charge is 0.282 e. The molecule has 0 radical (unpaired) electrons. The maximum absolute atomic E-state index is 12.7. The number of nitro benzene ring substituents is 1. The molecule has 3 rings (SSSR count). The monoisotopic (exact) mass is 398 g/mol. The Morgan fingerprint density at radius 3 is 2.41 bits per heavy atom. The number of nitrogens with one attached hydrogen (secondary N) is 1. The van der Waals surface area contributed by atoms with Crippen LogP contribution >= 0.6 is 0 Å². The predicted octanol–water partition coefficient (Wildman–Crippen LogP) is 4.24. The van der Waals surface area contributed by atoms with Crippen LogP contribution in [0.15, 0.2) is 42.5 Å². The van der Waals surface area contributed by atoms with Gasteiger partial charge in [-0.15, -0.1) is 0 Å². The summed E-state index contributed by atoms with van der Waals surface area (Å²) in [6.45, 7) is 0.410. The maximum atomic E-state index is 12.7. The molecule has 0 bridgehead atoms. The zero-order chi connectivity index (χ0) is 20.9. The van der Waals surface area contributed by atoms with Gasteiger partial charge >= 0.3 is 0 Å². The number of benzene rings is 2. The van der Waals surface area contributed by atoms with E-state index in [4.69, 9.17) is 9.47 Å². The minimum atomic E-state index is -0.528. The Morgan fingerprint density at radius 2 is 1.76 bits per heavy atom. The highest BCUT2D eigenvalue weighted by molar-refractivity contribution is 5.98. The van der Waals surface area contributed by atoms with Crippen molar-refractivity contribution < 1.29 is 19.2 Å². The summed E-state index contributed by atoms with van der Waals surface area (Å²) >= 11 is 0. The Balaban J connectivity index is 1.87. The lowest BCUT2D eigenvalue weighted by Crippen LogP contribution is -2.42. The number of carbonyl (C=O) groups excluding carboxylic acids is 1. The van der Waals surface area contributed by atoms with Crippen LogP contribution in [0.3, 0.4) is 0 Å². The summed E-state index contributed by atoms with van der Waals surface area (Å²) in [4.78, 5) is 23.5. The van der Waals surface area contributed by atoms with Crippen molar-refractivity contribution in [2.45, 2.75) is 37.5 Å². The molecule has 1 amide bonds. The van der Waals surface area contributed by atoms with Crippen molar-refractivity contribution in [2.24, 2.45) is 0 Å². The van der Waals surface area contributed by atoms with Crippen LogP contribution in [0.1, 0.15) is 48.0 Å². The molecule has 0 spiro atoms. The quantitative estimate of drug-likeness (QED) is 0.556. The van der Waals surface area contributed by atoms with Gasteiger partial charge in [-0.1, -0.05) is 37.5 Å². The van der Waals surface area contributed by atoms with Crippen molar-refractivity contribution in [3.8, 4) is 11.5 Å².